The Bertz CT molecular complexity index is 827. The molecule has 0 aliphatic carbocycles. The predicted octanol–water partition coefficient (Wildman–Crippen LogP) is 5.28. The zero-order chi connectivity index (χ0) is 20.2. The first kappa shape index (κ1) is 21.2. The van der Waals surface area contributed by atoms with Crippen LogP contribution in [0.1, 0.15) is 43.7 Å². The molecule has 0 saturated heterocycles. The molecule has 0 amide bonds. The van der Waals surface area contributed by atoms with Crippen molar-refractivity contribution in [2.75, 3.05) is 13.2 Å². The number of hydrogen-bond donors (Lipinski definition) is 0. The lowest BCUT2D eigenvalue weighted by Gasteiger charge is -2.07. The highest BCUT2D eigenvalue weighted by atomic mass is 19.1. The van der Waals surface area contributed by atoms with Gasteiger partial charge < -0.3 is 9.47 Å². The first-order chi connectivity index (χ1) is 13.5. The summed E-state index contributed by atoms with van der Waals surface area (Å²) in [6, 6.07) is 13.7. The zero-order valence-electron chi connectivity index (χ0n) is 16.2. The Morgan fingerprint density at radius 3 is 2.00 bits per heavy atom. The summed E-state index contributed by atoms with van der Waals surface area (Å²) in [5.41, 5.74) is 2.08. The van der Waals surface area contributed by atoms with Gasteiger partial charge in [0.05, 0.1) is 13.2 Å². The summed E-state index contributed by atoms with van der Waals surface area (Å²) in [6.45, 7) is 6.27. The average molecular weight is 380 g/mol. The van der Waals surface area contributed by atoms with Crippen LogP contribution < -0.4 is 4.74 Å². The molecule has 2 rings (SSSR count). The van der Waals surface area contributed by atoms with Crippen molar-refractivity contribution in [1.29, 1.82) is 0 Å². The quantitative estimate of drug-likeness (QED) is 0.257. The summed E-state index contributed by atoms with van der Waals surface area (Å²) in [5.74, 6) is 6.27. The molecule has 0 radical (unpaired) electrons. The summed E-state index contributed by atoms with van der Waals surface area (Å²) in [5, 5.41) is 0. The van der Waals surface area contributed by atoms with Gasteiger partial charge in [0.15, 0.2) is 0 Å². The fourth-order valence-electron chi connectivity index (χ4n) is 2.35. The van der Waals surface area contributed by atoms with E-state index in [4.69, 9.17) is 9.47 Å². The second-order valence-corrected chi connectivity index (χ2v) is 6.46. The number of halogens is 1. The fourth-order valence-corrected chi connectivity index (χ4v) is 2.35. The number of carbonyl (C=O) groups excluding carboxylic acids is 1. The van der Waals surface area contributed by atoms with E-state index in [-0.39, 0.29) is 11.8 Å². The first-order valence-electron chi connectivity index (χ1n) is 9.37. The molecule has 0 unspecified atom stereocenters. The maximum absolute atomic E-state index is 12.9. The van der Waals surface area contributed by atoms with Crippen LogP contribution in [-0.4, -0.2) is 19.2 Å². The van der Waals surface area contributed by atoms with Crippen molar-refractivity contribution in [3.63, 3.8) is 0 Å². The Kier molecular flexibility index (Phi) is 8.81. The molecule has 0 aliphatic heterocycles. The molecule has 2 aromatic rings. The fraction of sp³-hybridized carbons (Fsp3) is 0.292. The second-order valence-electron chi connectivity index (χ2n) is 6.46. The van der Waals surface area contributed by atoms with E-state index in [1.165, 1.54) is 12.1 Å². The number of esters is 1. The molecule has 0 heterocycles. The molecule has 2 aromatic carbocycles. The topological polar surface area (TPSA) is 35.5 Å². The second kappa shape index (κ2) is 11.6. The van der Waals surface area contributed by atoms with Gasteiger partial charge in [0.25, 0.3) is 0 Å². The van der Waals surface area contributed by atoms with Gasteiger partial charge in [-0.15, -0.1) is 0 Å². The minimum atomic E-state index is -0.325. The number of rotatable bonds is 9. The van der Waals surface area contributed by atoms with E-state index < -0.39 is 0 Å². The van der Waals surface area contributed by atoms with Gasteiger partial charge in [-0.05, 0) is 81.1 Å². The Morgan fingerprint density at radius 2 is 1.43 bits per heavy atom. The summed E-state index contributed by atoms with van der Waals surface area (Å²) in [7, 11) is 0. The number of hydrogen-bond acceptors (Lipinski definition) is 3. The monoisotopic (exact) mass is 380 g/mol. The number of carbonyl (C=O) groups is 1. The van der Waals surface area contributed by atoms with Crippen molar-refractivity contribution < 1.29 is 18.7 Å². The van der Waals surface area contributed by atoms with Gasteiger partial charge in [-0.3, -0.25) is 0 Å². The molecule has 0 aromatic heterocycles. The number of unbranched alkanes of at least 4 members (excludes halogenated alkanes) is 3. The standard InChI is InChI=1S/C24H25FO3/c1-19(2)24(26)28-18-6-4-3-5-17-27-23-15-11-21(12-16-23)8-7-20-9-13-22(25)14-10-20/h9-16H,1,3-6,17-18H2,2H3. The molecule has 28 heavy (non-hydrogen) atoms. The van der Waals surface area contributed by atoms with Crippen molar-refractivity contribution in [2.24, 2.45) is 0 Å². The summed E-state index contributed by atoms with van der Waals surface area (Å²) >= 11 is 0. The van der Waals surface area contributed by atoms with Crippen molar-refractivity contribution in [3.05, 3.63) is 77.6 Å². The van der Waals surface area contributed by atoms with Gasteiger partial charge in [0, 0.05) is 16.7 Å². The van der Waals surface area contributed by atoms with E-state index in [2.05, 4.69) is 18.4 Å². The predicted molar refractivity (Wildman–Crippen MR) is 109 cm³/mol. The van der Waals surface area contributed by atoms with Crippen molar-refractivity contribution in [3.8, 4) is 17.6 Å². The lowest BCUT2D eigenvalue weighted by molar-refractivity contribution is -0.139. The highest BCUT2D eigenvalue weighted by molar-refractivity contribution is 5.86. The highest BCUT2D eigenvalue weighted by Crippen LogP contribution is 2.13. The van der Waals surface area contributed by atoms with Crippen LogP contribution in [-0.2, 0) is 9.53 Å². The minimum absolute atomic E-state index is 0.265. The average Bonchev–Trinajstić information content (AvgIpc) is 2.70. The summed E-state index contributed by atoms with van der Waals surface area (Å²) < 4.78 is 23.6. The van der Waals surface area contributed by atoms with Crippen molar-refractivity contribution in [1.82, 2.24) is 0 Å². The molecule has 0 saturated carbocycles. The number of ether oxygens (including phenoxy) is 2. The van der Waals surface area contributed by atoms with Crippen LogP contribution in [0, 0.1) is 17.7 Å². The van der Waals surface area contributed by atoms with Crippen LogP contribution in [0.15, 0.2) is 60.7 Å². The molecule has 3 nitrogen and oxygen atoms in total. The molecule has 0 atom stereocenters. The van der Waals surface area contributed by atoms with E-state index in [1.54, 1.807) is 19.1 Å². The summed E-state index contributed by atoms with van der Waals surface area (Å²) in [6.07, 6.45) is 3.80. The van der Waals surface area contributed by atoms with Crippen LogP contribution >= 0.6 is 0 Å². The van der Waals surface area contributed by atoms with Gasteiger partial charge >= 0.3 is 5.97 Å². The molecule has 4 heteroatoms. The molecule has 0 spiro atoms. The van der Waals surface area contributed by atoms with E-state index in [9.17, 15) is 9.18 Å². The van der Waals surface area contributed by atoms with E-state index in [0.717, 1.165) is 42.6 Å². The Balaban J connectivity index is 1.62. The van der Waals surface area contributed by atoms with E-state index in [1.807, 2.05) is 24.3 Å². The van der Waals surface area contributed by atoms with Gasteiger partial charge in [-0.25, -0.2) is 9.18 Å². The van der Waals surface area contributed by atoms with Crippen molar-refractivity contribution in [2.45, 2.75) is 32.6 Å². The smallest absolute Gasteiger partial charge is 0.333 e. The Morgan fingerprint density at radius 1 is 0.893 bits per heavy atom. The van der Waals surface area contributed by atoms with E-state index in [0.29, 0.717) is 18.8 Å². The first-order valence-corrected chi connectivity index (χ1v) is 9.37. The Hall–Kier alpha value is -3.06. The Labute approximate surface area is 166 Å². The van der Waals surface area contributed by atoms with Gasteiger partial charge in [0.1, 0.15) is 11.6 Å². The molecule has 0 N–H and O–H groups in total. The zero-order valence-corrected chi connectivity index (χ0v) is 16.2. The normalized spacial score (nSPS) is 9.93. The molecule has 0 bridgehead atoms. The van der Waals surface area contributed by atoms with Crippen LogP contribution in [0.2, 0.25) is 0 Å². The largest absolute Gasteiger partial charge is 0.494 e. The third-order valence-electron chi connectivity index (χ3n) is 3.94. The molecular weight excluding hydrogens is 355 g/mol. The molecule has 146 valence electrons. The maximum atomic E-state index is 12.9. The SMILES string of the molecule is C=C(C)C(=O)OCCCCCCOc1ccc(C#Cc2ccc(F)cc2)cc1. The third kappa shape index (κ3) is 8.09. The molecule has 0 aliphatic rings. The van der Waals surface area contributed by atoms with E-state index >= 15 is 0 Å². The van der Waals surface area contributed by atoms with Crippen LogP contribution in [0.4, 0.5) is 4.39 Å². The molecule has 0 fully saturated rings. The lowest BCUT2D eigenvalue weighted by Crippen LogP contribution is -2.06. The molecular formula is C24H25FO3. The van der Waals surface area contributed by atoms with Gasteiger partial charge in [-0.2, -0.15) is 0 Å². The van der Waals surface area contributed by atoms with Gasteiger partial charge in [-0.1, -0.05) is 18.4 Å². The number of benzene rings is 2. The minimum Gasteiger partial charge on any atom is -0.494 e. The van der Waals surface area contributed by atoms with Gasteiger partial charge in [0.2, 0.25) is 0 Å². The lowest BCUT2D eigenvalue weighted by atomic mass is 10.2. The third-order valence-corrected chi connectivity index (χ3v) is 3.94. The summed E-state index contributed by atoms with van der Waals surface area (Å²) in [4.78, 5) is 11.2. The van der Waals surface area contributed by atoms with Crippen LogP contribution in [0.3, 0.4) is 0 Å². The highest BCUT2D eigenvalue weighted by Gasteiger charge is 2.02. The van der Waals surface area contributed by atoms with Crippen molar-refractivity contribution >= 4 is 5.97 Å². The maximum Gasteiger partial charge on any atom is 0.333 e. The van der Waals surface area contributed by atoms with Crippen LogP contribution in [0.25, 0.3) is 0 Å². The van der Waals surface area contributed by atoms with Crippen LogP contribution in [0.5, 0.6) is 5.75 Å².